The fraction of sp³-hybridized carbons (Fsp3) is 0.600. The molecule has 1 unspecified atom stereocenters. The van der Waals surface area contributed by atoms with Gasteiger partial charge in [-0.1, -0.05) is 12.1 Å². The van der Waals surface area contributed by atoms with Gasteiger partial charge in [0.05, 0.1) is 6.10 Å². The molecule has 2 fully saturated rings. The summed E-state index contributed by atoms with van der Waals surface area (Å²) in [5.74, 6) is -0.180. The Morgan fingerprint density at radius 2 is 1.95 bits per heavy atom. The van der Waals surface area contributed by atoms with Gasteiger partial charge >= 0.3 is 0 Å². The Hall–Kier alpha value is -0.970. The van der Waals surface area contributed by atoms with E-state index in [0.29, 0.717) is 12.1 Å². The van der Waals surface area contributed by atoms with Crippen molar-refractivity contribution in [1.29, 1.82) is 0 Å². The number of nitrogens with zero attached hydrogens (tertiary/aromatic N) is 2. The Bertz CT molecular complexity index is 436. The molecule has 19 heavy (non-hydrogen) atoms. The number of rotatable bonds is 2. The minimum Gasteiger partial charge on any atom is -0.392 e. The molecule has 2 aliphatic rings. The summed E-state index contributed by atoms with van der Waals surface area (Å²) in [5, 5.41) is 9.75. The molecule has 2 heterocycles. The molecule has 104 valence electrons. The van der Waals surface area contributed by atoms with Crippen LogP contribution in [0, 0.1) is 5.82 Å². The van der Waals surface area contributed by atoms with Crippen LogP contribution in [0.15, 0.2) is 24.3 Å². The Morgan fingerprint density at radius 1 is 1.21 bits per heavy atom. The third-order valence-electron chi connectivity index (χ3n) is 4.37. The maximum atomic E-state index is 12.9. The number of halogens is 1. The van der Waals surface area contributed by atoms with Crippen molar-refractivity contribution in [3.8, 4) is 0 Å². The largest absolute Gasteiger partial charge is 0.392 e. The molecule has 1 N–H and O–H groups in total. The highest BCUT2D eigenvalue weighted by atomic mass is 19.1. The van der Waals surface area contributed by atoms with Gasteiger partial charge in [-0.05, 0) is 31.0 Å². The molecule has 0 radical (unpaired) electrons. The van der Waals surface area contributed by atoms with Gasteiger partial charge in [0, 0.05) is 38.3 Å². The smallest absolute Gasteiger partial charge is 0.123 e. The minimum atomic E-state index is -0.180. The maximum Gasteiger partial charge on any atom is 0.123 e. The lowest BCUT2D eigenvalue weighted by molar-refractivity contribution is 0.0528. The van der Waals surface area contributed by atoms with Crippen molar-refractivity contribution in [3.63, 3.8) is 0 Å². The Morgan fingerprint density at radius 3 is 2.68 bits per heavy atom. The van der Waals surface area contributed by atoms with Gasteiger partial charge in [-0.15, -0.1) is 0 Å². The fourth-order valence-corrected chi connectivity index (χ4v) is 3.32. The zero-order valence-corrected chi connectivity index (χ0v) is 11.3. The molecule has 3 nitrogen and oxygen atoms in total. The van der Waals surface area contributed by atoms with Crippen LogP contribution in [0.25, 0.3) is 0 Å². The van der Waals surface area contributed by atoms with E-state index in [4.69, 9.17) is 0 Å². The second-order valence-electron chi connectivity index (χ2n) is 5.90. The fourth-order valence-electron chi connectivity index (χ4n) is 3.32. The summed E-state index contributed by atoms with van der Waals surface area (Å²) in [6, 6.07) is 7.72. The average molecular weight is 264 g/mol. The van der Waals surface area contributed by atoms with Crippen LogP contribution in [-0.4, -0.2) is 52.7 Å². The molecule has 0 amide bonds. The van der Waals surface area contributed by atoms with E-state index in [2.05, 4.69) is 16.7 Å². The van der Waals surface area contributed by atoms with Crippen LogP contribution in [0.4, 0.5) is 4.39 Å². The van der Waals surface area contributed by atoms with Crippen LogP contribution < -0.4 is 0 Å². The highest BCUT2D eigenvalue weighted by molar-refractivity contribution is 5.16. The van der Waals surface area contributed by atoms with Crippen molar-refractivity contribution < 1.29 is 9.50 Å². The van der Waals surface area contributed by atoms with E-state index < -0.39 is 0 Å². The van der Waals surface area contributed by atoms with Crippen LogP contribution in [0.5, 0.6) is 0 Å². The molecule has 2 saturated heterocycles. The van der Waals surface area contributed by atoms with Gasteiger partial charge in [0.2, 0.25) is 0 Å². The van der Waals surface area contributed by atoms with E-state index in [-0.39, 0.29) is 11.9 Å². The van der Waals surface area contributed by atoms with Crippen molar-refractivity contribution in [2.24, 2.45) is 0 Å². The number of benzene rings is 1. The summed E-state index contributed by atoms with van der Waals surface area (Å²) in [7, 11) is 0. The van der Waals surface area contributed by atoms with E-state index in [1.807, 2.05) is 12.1 Å². The predicted molar refractivity (Wildman–Crippen MR) is 72.3 cm³/mol. The first kappa shape index (κ1) is 13.0. The number of hydrogen-bond acceptors (Lipinski definition) is 3. The van der Waals surface area contributed by atoms with Crippen molar-refractivity contribution in [1.82, 2.24) is 9.80 Å². The summed E-state index contributed by atoms with van der Waals surface area (Å²) in [6.07, 6.45) is 0.718. The topological polar surface area (TPSA) is 26.7 Å². The average Bonchev–Trinajstić information content (AvgIpc) is 2.72. The Labute approximate surface area is 113 Å². The Kier molecular flexibility index (Phi) is 3.56. The molecular weight excluding hydrogens is 243 g/mol. The van der Waals surface area contributed by atoms with Gasteiger partial charge in [0.1, 0.15) is 5.82 Å². The first-order chi connectivity index (χ1) is 9.11. The highest BCUT2D eigenvalue weighted by Gasteiger charge is 2.37. The van der Waals surface area contributed by atoms with E-state index in [1.54, 1.807) is 0 Å². The summed E-state index contributed by atoms with van der Waals surface area (Å²) in [5.41, 5.74) is 1.15. The lowest BCUT2D eigenvalue weighted by Crippen LogP contribution is -2.54. The molecule has 0 bridgehead atoms. The van der Waals surface area contributed by atoms with Gasteiger partial charge in [-0.3, -0.25) is 9.80 Å². The molecule has 3 rings (SSSR count). The molecule has 3 atom stereocenters. The van der Waals surface area contributed by atoms with Crippen LogP contribution in [0.3, 0.4) is 0 Å². The number of hydrogen-bond donors (Lipinski definition) is 1. The third kappa shape index (κ3) is 2.81. The minimum absolute atomic E-state index is 0.164. The van der Waals surface area contributed by atoms with Gasteiger partial charge in [0.25, 0.3) is 0 Å². The van der Waals surface area contributed by atoms with E-state index >= 15 is 0 Å². The van der Waals surface area contributed by atoms with Gasteiger partial charge in [0.15, 0.2) is 0 Å². The maximum absolute atomic E-state index is 12.9. The molecule has 0 saturated carbocycles. The zero-order valence-electron chi connectivity index (χ0n) is 11.3. The lowest BCUT2D eigenvalue weighted by atomic mass is 10.1. The lowest BCUT2D eigenvalue weighted by Gasteiger charge is -2.42. The molecule has 0 aliphatic carbocycles. The second-order valence-corrected chi connectivity index (χ2v) is 5.90. The quantitative estimate of drug-likeness (QED) is 0.876. The van der Waals surface area contributed by atoms with Crippen LogP contribution in [0.1, 0.15) is 18.9 Å². The summed E-state index contributed by atoms with van der Waals surface area (Å²) >= 11 is 0. The van der Waals surface area contributed by atoms with Gasteiger partial charge in [-0.25, -0.2) is 4.39 Å². The van der Waals surface area contributed by atoms with Crippen LogP contribution in [0.2, 0.25) is 0 Å². The number of piperazine rings is 1. The molecule has 2 aliphatic heterocycles. The van der Waals surface area contributed by atoms with Crippen molar-refractivity contribution >= 4 is 0 Å². The molecule has 1 aromatic carbocycles. The first-order valence-corrected chi connectivity index (χ1v) is 7.02. The van der Waals surface area contributed by atoms with Gasteiger partial charge < -0.3 is 5.11 Å². The molecule has 0 aromatic heterocycles. The summed E-state index contributed by atoms with van der Waals surface area (Å²) < 4.78 is 12.9. The van der Waals surface area contributed by atoms with Crippen molar-refractivity contribution in [2.45, 2.75) is 38.1 Å². The van der Waals surface area contributed by atoms with E-state index in [1.165, 1.54) is 12.1 Å². The monoisotopic (exact) mass is 264 g/mol. The summed E-state index contributed by atoms with van der Waals surface area (Å²) in [4.78, 5) is 4.84. The summed E-state index contributed by atoms with van der Waals surface area (Å²) in [6.45, 7) is 5.92. The zero-order chi connectivity index (χ0) is 13.4. The van der Waals surface area contributed by atoms with Crippen molar-refractivity contribution in [3.05, 3.63) is 35.6 Å². The predicted octanol–water partition coefficient (Wildman–Crippen LogP) is 1.46. The highest BCUT2D eigenvalue weighted by Crippen LogP contribution is 2.26. The van der Waals surface area contributed by atoms with Crippen LogP contribution in [-0.2, 0) is 6.54 Å². The van der Waals surface area contributed by atoms with E-state index in [0.717, 1.165) is 38.2 Å². The normalized spacial score (nSPS) is 32.5. The van der Waals surface area contributed by atoms with Crippen LogP contribution >= 0.6 is 0 Å². The second kappa shape index (κ2) is 5.19. The van der Waals surface area contributed by atoms with E-state index in [9.17, 15) is 9.50 Å². The van der Waals surface area contributed by atoms with Crippen molar-refractivity contribution in [2.75, 3.05) is 19.6 Å². The number of aliphatic hydroxyl groups is 1. The standard InChI is InChI=1S/C15H21FN2O/c1-11-7-18-10-15(19)6-14(18)9-17(11)8-12-2-4-13(16)5-3-12/h2-5,11,14-15,19H,6-10H2,1H3/t11-,14?,15+/m0/s1. The number of aliphatic hydroxyl groups excluding tert-OH is 1. The SMILES string of the molecule is C[C@H]1CN2C[C@H](O)CC2CN1Cc1ccc(F)cc1. The Balaban J connectivity index is 1.66. The third-order valence-corrected chi connectivity index (χ3v) is 4.37. The first-order valence-electron chi connectivity index (χ1n) is 7.02. The van der Waals surface area contributed by atoms with Gasteiger partial charge in [-0.2, -0.15) is 0 Å². The number of fused-ring (bicyclic) bond motifs is 1. The molecule has 1 aromatic rings. The molecule has 0 spiro atoms. The molecule has 4 heteroatoms. The molecular formula is C15H21FN2O.